The largest absolute Gasteiger partial charge is 0.399 e. The van der Waals surface area contributed by atoms with Gasteiger partial charge in [0.25, 0.3) is 0 Å². The van der Waals surface area contributed by atoms with Gasteiger partial charge in [0.2, 0.25) is 0 Å². The molecule has 0 aliphatic carbocycles. The van der Waals surface area contributed by atoms with Crippen LogP contribution in [0.25, 0.3) is 0 Å². The van der Waals surface area contributed by atoms with Crippen molar-refractivity contribution >= 4 is 29.0 Å². The highest BCUT2D eigenvalue weighted by atomic mass is 19.2. The van der Waals surface area contributed by atoms with Gasteiger partial charge in [-0.1, -0.05) is 11.2 Å². The van der Waals surface area contributed by atoms with Crippen molar-refractivity contribution in [3.05, 3.63) is 59.7 Å². The fourth-order valence-corrected chi connectivity index (χ4v) is 2.91. The summed E-state index contributed by atoms with van der Waals surface area (Å²) < 4.78 is 51.8. The first-order chi connectivity index (χ1) is 14.5. The zero-order valence-corrected chi connectivity index (χ0v) is 15.5. The lowest BCUT2D eigenvalue weighted by molar-refractivity contribution is 0.0991. The van der Waals surface area contributed by atoms with Crippen LogP contribution in [-0.4, -0.2) is 42.4 Å². The number of aromatic nitrogens is 2. The molecule has 0 saturated carbocycles. The number of nitrogens with one attached hydrogen (secondary N) is 2. The summed E-state index contributed by atoms with van der Waals surface area (Å²) in [5, 5.41) is 12.0. The third-order valence-corrected chi connectivity index (χ3v) is 4.37. The van der Waals surface area contributed by atoms with E-state index in [0.717, 1.165) is 6.07 Å². The fraction of sp³-hybridized carbons (Fsp3) is 0.211. The Morgan fingerprint density at radius 2 is 1.83 bits per heavy atom. The van der Waals surface area contributed by atoms with E-state index in [1.807, 2.05) is 4.90 Å². The Balaban J connectivity index is 1.43. The number of carbonyl (C=O) groups is 1. The Labute approximate surface area is 168 Å². The van der Waals surface area contributed by atoms with E-state index < -0.39 is 29.2 Å². The smallest absolute Gasteiger partial charge is 0.320 e. The zero-order chi connectivity index (χ0) is 21.1. The molecule has 8 nitrogen and oxygen atoms in total. The van der Waals surface area contributed by atoms with Crippen LogP contribution in [0.3, 0.4) is 0 Å². The molecule has 1 aromatic heterocycles. The molecule has 1 aliphatic rings. The maximum atomic E-state index is 14.4. The number of nitrogens with zero attached hydrogens (tertiary/aromatic N) is 3. The van der Waals surface area contributed by atoms with Crippen LogP contribution >= 0.6 is 0 Å². The molecule has 1 saturated heterocycles. The minimum atomic E-state index is -1.13. The lowest BCUT2D eigenvalue weighted by Crippen LogP contribution is -2.36. The fourth-order valence-electron chi connectivity index (χ4n) is 2.91. The molecule has 0 unspecified atom stereocenters. The number of carbonyl (C=O) groups excluding carboxylic acids is 1. The summed E-state index contributed by atoms with van der Waals surface area (Å²) in [6.45, 7) is 2.19. The summed E-state index contributed by atoms with van der Waals surface area (Å²) in [5.74, 6) is -3.90. The van der Waals surface area contributed by atoms with Crippen molar-refractivity contribution in [1.29, 1.82) is 0 Å². The Bertz CT molecular complexity index is 1070. The first-order valence-electron chi connectivity index (χ1n) is 8.99. The minimum absolute atomic E-state index is 0.193. The van der Waals surface area contributed by atoms with E-state index in [-0.39, 0.29) is 17.4 Å². The number of amides is 1. The van der Waals surface area contributed by atoms with E-state index in [0.29, 0.717) is 32.0 Å². The third kappa shape index (κ3) is 4.20. The molecule has 11 heteroatoms. The monoisotopic (exact) mass is 419 g/mol. The minimum Gasteiger partial charge on any atom is -0.399 e. The molecule has 1 fully saturated rings. The molecule has 156 valence electrons. The molecule has 4 rings (SSSR count). The summed E-state index contributed by atoms with van der Waals surface area (Å²) in [4.78, 5) is 14.1. The first kappa shape index (κ1) is 19.7. The van der Waals surface area contributed by atoms with E-state index >= 15 is 0 Å². The maximum Gasteiger partial charge on any atom is 0.320 e. The lowest BCUT2D eigenvalue weighted by Gasteiger charge is -2.29. The van der Waals surface area contributed by atoms with Gasteiger partial charge in [-0.05, 0) is 30.3 Å². The van der Waals surface area contributed by atoms with Crippen LogP contribution in [0, 0.1) is 17.5 Å². The van der Waals surface area contributed by atoms with Crippen LogP contribution in [0.15, 0.2) is 40.8 Å². The summed E-state index contributed by atoms with van der Waals surface area (Å²) in [6, 6.07) is 7.49. The lowest BCUT2D eigenvalue weighted by atomic mass is 10.2. The van der Waals surface area contributed by atoms with Gasteiger partial charge in [-0.25, -0.2) is 13.2 Å². The quantitative estimate of drug-likeness (QED) is 0.655. The Kier molecular flexibility index (Phi) is 5.53. The molecule has 30 heavy (non-hydrogen) atoms. The van der Waals surface area contributed by atoms with E-state index in [9.17, 15) is 18.0 Å². The van der Waals surface area contributed by atoms with Gasteiger partial charge in [0.05, 0.1) is 24.6 Å². The number of benzene rings is 2. The van der Waals surface area contributed by atoms with Crippen LogP contribution < -0.4 is 15.5 Å². The molecule has 3 aromatic rings. The van der Waals surface area contributed by atoms with Gasteiger partial charge in [-0.2, -0.15) is 0 Å². The van der Waals surface area contributed by atoms with Crippen molar-refractivity contribution in [2.24, 2.45) is 0 Å². The highest BCUT2D eigenvalue weighted by molar-refractivity contribution is 6.01. The molecular formula is C19H16F3N5O3. The van der Waals surface area contributed by atoms with Gasteiger partial charge < -0.3 is 24.7 Å². The van der Waals surface area contributed by atoms with Crippen molar-refractivity contribution < 1.29 is 27.1 Å². The van der Waals surface area contributed by atoms with Crippen molar-refractivity contribution in [2.75, 3.05) is 41.8 Å². The Morgan fingerprint density at radius 3 is 2.60 bits per heavy atom. The number of morpholine rings is 1. The van der Waals surface area contributed by atoms with E-state index in [2.05, 4.69) is 20.8 Å². The Morgan fingerprint density at radius 1 is 1.03 bits per heavy atom. The zero-order valence-electron chi connectivity index (χ0n) is 15.5. The van der Waals surface area contributed by atoms with Crippen LogP contribution in [0.4, 0.5) is 36.2 Å². The molecule has 0 radical (unpaired) electrons. The standard InChI is InChI=1S/C19H16F3N5O3/c20-12-2-1-3-14(16(12)22)24-19-26-25-18(30-19)17(28)23-11-4-5-15(13(21)10-11)27-6-8-29-9-7-27/h1-5,10H,6-9H2,(H,23,28)(H,24,26). The predicted molar refractivity (Wildman–Crippen MR) is 101 cm³/mol. The summed E-state index contributed by atoms with van der Waals surface area (Å²) in [7, 11) is 0. The van der Waals surface area contributed by atoms with E-state index in [4.69, 9.17) is 9.15 Å². The van der Waals surface area contributed by atoms with Gasteiger partial charge in [0.1, 0.15) is 5.82 Å². The van der Waals surface area contributed by atoms with Gasteiger partial charge in [0.15, 0.2) is 11.6 Å². The molecular weight excluding hydrogens is 403 g/mol. The van der Waals surface area contributed by atoms with Crippen molar-refractivity contribution in [3.8, 4) is 0 Å². The van der Waals surface area contributed by atoms with Gasteiger partial charge in [-0.3, -0.25) is 4.79 Å². The summed E-state index contributed by atoms with van der Waals surface area (Å²) >= 11 is 0. The molecule has 1 aliphatic heterocycles. The van der Waals surface area contributed by atoms with Gasteiger partial charge >= 0.3 is 17.8 Å². The second-order valence-corrected chi connectivity index (χ2v) is 6.36. The molecule has 2 N–H and O–H groups in total. The number of hydrogen-bond donors (Lipinski definition) is 2. The van der Waals surface area contributed by atoms with Crippen molar-refractivity contribution in [2.45, 2.75) is 0 Å². The Hall–Kier alpha value is -3.60. The van der Waals surface area contributed by atoms with E-state index in [1.54, 1.807) is 12.1 Å². The third-order valence-electron chi connectivity index (χ3n) is 4.37. The molecule has 0 atom stereocenters. The van der Waals surface area contributed by atoms with Crippen molar-refractivity contribution in [3.63, 3.8) is 0 Å². The van der Waals surface area contributed by atoms with Crippen LogP contribution in [0.2, 0.25) is 0 Å². The normalized spacial score (nSPS) is 13.9. The number of anilines is 4. The van der Waals surface area contributed by atoms with Gasteiger partial charge in [0, 0.05) is 18.8 Å². The van der Waals surface area contributed by atoms with E-state index in [1.165, 1.54) is 18.2 Å². The molecule has 0 bridgehead atoms. The average molecular weight is 419 g/mol. The first-order valence-corrected chi connectivity index (χ1v) is 8.99. The van der Waals surface area contributed by atoms with Crippen molar-refractivity contribution in [1.82, 2.24) is 10.2 Å². The maximum absolute atomic E-state index is 14.4. The van der Waals surface area contributed by atoms with Gasteiger partial charge in [-0.15, -0.1) is 5.10 Å². The molecule has 1 amide bonds. The second-order valence-electron chi connectivity index (χ2n) is 6.36. The highest BCUT2D eigenvalue weighted by Gasteiger charge is 2.19. The predicted octanol–water partition coefficient (Wildman–Crippen LogP) is 3.32. The number of halogens is 3. The van der Waals surface area contributed by atoms with Crippen LogP contribution in [-0.2, 0) is 4.74 Å². The average Bonchev–Trinajstić information content (AvgIpc) is 3.21. The van der Waals surface area contributed by atoms with Crippen LogP contribution in [0.5, 0.6) is 0 Å². The number of ether oxygens (including phenoxy) is 1. The number of rotatable bonds is 5. The molecule has 0 spiro atoms. The number of hydrogen-bond acceptors (Lipinski definition) is 7. The topological polar surface area (TPSA) is 92.5 Å². The molecule has 2 heterocycles. The SMILES string of the molecule is O=C(Nc1ccc(N2CCOCC2)c(F)c1)c1nnc(Nc2cccc(F)c2F)o1. The molecule has 2 aromatic carbocycles. The summed E-state index contributed by atoms with van der Waals surface area (Å²) in [6.07, 6.45) is 0. The summed E-state index contributed by atoms with van der Waals surface area (Å²) in [5.41, 5.74) is 0.377. The second kappa shape index (κ2) is 8.41. The highest BCUT2D eigenvalue weighted by Crippen LogP contribution is 2.25. The van der Waals surface area contributed by atoms with Crippen LogP contribution in [0.1, 0.15) is 10.7 Å².